The number of aliphatic hydroxyl groups is 2. The lowest BCUT2D eigenvalue weighted by molar-refractivity contribution is -0.154. The minimum atomic E-state index is -0.756. The molecule has 0 saturated carbocycles. The first-order valence-corrected chi connectivity index (χ1v) is 20.2. The first kappa shape index (κ1) is 51.9. The molecule has 0 heterocycles. The lowest BCUT2D eigenvalue weighted by atomic mass is 9.86. The quantitative estimate of drug-likeness (QED) is 0.0410. The second-order valence-electron chi connectivity index (χ2n) is 17.3. The monoisotopic (exact) mass is 745 g/mol. The van der Waals surface area contributed by atoms with Crippen LogP contribution in [-0.2, 0) is 28.7 Å². The van der Waals surface area contributed by atoms with Gasteiger partial charge >= 0.3 is 23.9 Å². The van der Waals surface area contributed by atoms with Gasteiger partial charge in [0.05, 0.1) is 47.1 Å². The normalized spacial score (nSPS) is 12.4. The molecule has 0 amide bonds. The van der Waals surface area contributed by atoms with E-state index in [1.165, 1.54) is 0 Å². The van der Waals surface area contributed by atoms with Gasteiger partial charge in [-0.1, -0.05) is 77.0 Å². The Morgan fingerprint density at radius 2 is 0.654 bits per heavy atom. The summed E-state index contributed by atoms with van der Waals surface area (Å²) in [6.45, 7) is 19.2. The van der Waals surface area contributed by atoms with Crippen molar-refractivity contribution in [1.82, 2.24) is 0 Å². The van der Waals surface area contributed by atoms with Crippen molar-refractivity contribution >= 4 is 23.9 Å². The van der Waals surface area contributed by atoms with Crippen LogP contribution < -0.4 is 0 Å². The maximum absolute atomic E-state index is 11.9. The first-order valence-electron chi connectivity index (χ1n) is 20.2. The summed E-state index contributed by atoms with van der Waals surface area (Å²) in [4.78, 5) is 45.7. The van der Waals surface area contributed by atoms with E-state index in [9.17, 15) is 29.4 Å². The molecule has 10 nitrogen and oxygen atoms in total. The number of rotatable bonds is 30. The summed E-state index contributed by atoms with van der Waals surface area (Å²) in [6, 6.07) is 0. The van der Waals surface area contributed by atoms with Crippen LogP contribution in [0.1, 0.15) is 198 Å². The zero-order valence-electron chi connectivity index (χ0n) is 34.9. The van der Waals surface area contributed by atoms with Gasteiger partial charge in [0.2, 0.25) is 0 Å². The van der Waals surface area contributed by atoms with Crippen LogP contribution in [0, 0.1) is 21.7 Å². The average Bonchev–Trinajstić information content (AvgIpc) is 3.04. The summed E-state index contributed by atoms with van der Waals surface area (Å²) in [5.74, 6) is -1.76. The zero-order valence-corrected chi connectivity index (χ0v) is 34.9. The number of hydrogen-bond acceptors (Lipinski definition) is 8. The Labute approximate surface area is 317 Å². The van der Waals surface area contributed by atoms with E-state index in [1.54, 1.807) is 27.7 Å². The third-order valence-corrected chi connectivity index (χ3v) is 10.2. The molecule has 52 heavy (non-hydrogen) atoms. The van der Waals surface area contributed by atoms with Crippen molar-refractivity contribution in [3.8, 4) is 0 Å². The van der Waals surface area contributed by atoms with Crippen LogP contribution in [-0.4, -0.2) is 69.7 Å². The van der Waals surface area contributed by atoms with E-state index in [1.807, 2.05) is 41.5 Å². The number of carboxylic acids is 2. The molecule has 0 aromatic rings. The Morgan fingerprint density at radius 3 is 0.865 bits per heavy atom. The highest BCUT2D eigenvalue weighted by Crippen LogP contribution is 2.28. The highest BCUT2D eigenvalue weighted by Gasteiger charge is 2.30. The molecule has 0 aliphatic rings. The van der Waals surface area contributed by atoms with Crippen molar-refractivity contribution in [3.63, 3.8) is 0 Å². The van der Waals surface area contributed by atoms with Crippen LogP contribution in [0.4, 0.5) is 0 Å². The van der Waals surface area contributed by atoms with Crippen LogP contribution in [0.25, 0.3) is 0 Å². The number of carbonyl (C=O) groups excluding carboxylic acids is 2. The van der Waals surface area contributed by atoms with Crippen LogP contribution in [0.3, 0.4) is 0 Å². The topological polar surface area (TPSA) is 168 Å². The maximum Gasteiger partial charge on any atom is 0.311 e. The lowest BCUT2D eigenvalue weighted by Gasteiger charge is -2.22. The Bertz CT molecular complexity index is 909. The summed E-state index contributed by atoms with van der Waals surface area (Å²) in [5, 5.41) is 38.2. The molecular weight excluding hydrogens is 664 g/mol. The summed E-state index contributed by atoms with van der Waals surface area (Å²) in [7, 11) is 0. The Hall–Kier alpha value is -2.20. The summed E-state index contributed by atoms with van der Waals surface area (Å²) < 4.78 is 10.2. The van der Waals surface area contributed by atoms with Crippen molar-refractivity contribution in [3.05, 3.63) is 0 Å². The maximum atomic E-state index is 11.9. The molecule has 0 unspecified atom stereocenters. The predicted molar refractivity (Wildman–Crippen MR) is 208 cm³/mol. The number of esters is 2. The molecule has 0 atom stereocenters. The standard InChI is InChI=1S/C23H44O5.C19H36O5/c1-7-27-20(25)22(3,4)17-13-9-11-15-19(24)16-12-10-14-18-23(5,6)21(26)28-8-2;1-18(2,16(21)22)13-9-5-7-11-15(20)12-8-6-10-14-19(3,4)17(23)24/h19,24H,7-18H2,1-6H3;15,20H,5-14H2,1-4H3,(H,21,22)(H,23,24). The number of carboxylic acid groups (broad SMARTS) is 2. The second-order valence-corrected chi connectivity index (χ2v) is 17.3. The van der Waals surface area contributed by atoms with Crippen molar-refractivity contribution in [2.75, 3.05) is 13.2 Å². The predicted octanol–water partition coefficient (Wildman–Crippen LogP) is 9.90. The van der Waals surface area contributed by atoms with Crippen LogP contribution in [0.15, 0.2) is 0 Å². The van der Waals surface area contributed by atoms with Crippen molar-refractivity contribution in [1.29, 1.82) is 0 Å². The SMILES string of the molecule is CC(C)(CCCCCC(O)CCCCCC(C)(C)C(=O)O)C(=O)O.CCOC(=O)C(C)(C)CCCCCC(O)CCCCCC(C)(C)C(=O)OCC. The Kier molecular flexibility index (Phi) is 27.3. The highest BCUT2D eigenvalue weighted by atomic mass is 16.5. The molecule has 10 heteroatoms. The minimum Gasteiger partial charge on any atom is -0.481 e. The number of hydrogen-bond donors (Lipinski definition) is 4. The molecule has 0 bridgehead atoms. The number of aliphatic carboxylic acids is 2. The van der Waals surface area contributed by atoms with Gasteiger partial charge in [-0.3, -0.25) is 19.2 Å². The molecule has 308 valence electrons. The largest absolute Gasteiger partial charge is 0.481 e. The van der Waals surface area contributed by atoms with E-state index in [4.69, 9.17) is 19.7 Å². The van der Waals surface area contributed by atoms with E-state index in [0.717, 1.165) is 116 Å². The van der Waals surface area contributed by atoms with Gasteiger partial charge in [0, 0.05) is 0 Å². The van der Waals surface area contributed by atoms with E-state index in [0.29, 0.717) is 26.1 Å². The van der Waals surface area contributed by atoms with Gasteiger partial charge in [-0.05, 0) is 121 Å². The molecule has 4 N–H and O–H groups in total. The van der Waals surface area contributed by atoms with Crippen molar-refractivity contribution in [2.24, 2.45) is 21.7 Å². The van der Waals surface area contributed by atoms with Gasteiger partial charge in [0.15, 0.2) is 0 Å². The van der Waals surface area contributed by atoms with Gasteiger partial charge in [0.25, 0.3) is 0 Å². The van der Waals surface area contributed by atoms with Crippen LogP contribution in [0.5, 0.6) is 0 Å². The van der Waals surface area contributed by atoms with Crippen molar-refractivity contribution < 1.29 is 49.1 Å². The molecule has 0 rings (SSSR count). The number of unbranched alkanes of at least 4 members (excludes halogenated alkanes) is 8. The molecule has 0 fully saturated rings. The molecule has 0 aliphatic carbocycles. The van der Waals surface area contributed by atoms with Gasteiger partial charge < -0.3 is 29.9 Å². The van der Waals surface area contributed by atoms with E-state index in [-0.39, 0.29) is 24.1 Å². The zero-order chi connectivity index (χ0) is 40.4. The summed E-state index contributed by atoms with van der Waals surface area (Å²) in [5.41, 5.74) is -2.18. The third-order valence-electron chi connectivity index (χ3n) is 10.2. The molecule has 0 aromatic carbocycles. The van der Waals surface area contributed by atoms with Gasteiger partial charge in [-0.2, -0.15) is 0 Å². The second kappa shape index (κ2) is 27.4. The number of ether oxygens (including phenoxy) is 2. The highest BCUT2D eigenvalue weighted by molar-refractivity contribution is 5.76. The molecule has 0 saturated heterocycles. The number of carbonyl (C=O) groups is 4. The van der Waals surface area contributed by atoms with Gasteiger partial charge in [-0.25, -0.2) is 0 Å². The minimum absolute atomic E-state index is 0.124. The van der Waals surface area contributed by atoms with E-state index in [2.05, 4.69) is 0 Å². The third kappa shape index (κ3) is 25.7. The Morgan fingerprint density at radius 1 is 0.423 bits per heavy atom. The van der Waals surface area contributed by atoms with Gasteiger partial charge in [0.1, 0.15) is 0 Å². The van der Waals surface area contributed by atoms with Gasteiger partial charge in [-0.15, -0.1) is 0 Å². The lowest BCUT2D eigenvalue weighted by Crippen LogP contribution is -2.26. The molecule has 0 radical (unpaired) electrons. The fraction of sp³-hybridized carbons (Fsp3) is 0.905. The summed E-state index contributed by atoms with van der Waals surface area (Å²) in [6.07, 6.45) is 17.0. The summed E-state index contributed by atoms with van der Waals surface area (Å²) >= 11 is 0. The molecule has 0 aromatic heterocycles. The first-order chi connectivity index (χ1) is 24.1. The van der Waals surface area contributed by atoms with E-state index < -0.39 is 33.6 Å². The van der Waals surface area contributed by atoms with Crippen LogP contribution in [0.2, 0.25) is 0 Å². The molecule has 0 spiro atoms. The molecular formula is C42H80O10. The average molecular weight is 745 g/mol. The fourth-order valence-electron chi connectivity index (χ4n) is 5.85. The van der Waals surface area contributed by atoms with Crippen LogP contribution >= 0.6 is 0 Å². The number of aliphatic hydroxyl groups excluding tert-OH is 2. The van der Waals surface area contributed by atoms with E-state index >= 15 is 0 Å². The molecule has 0 aliphatic heterocycles. The van der Waals surface area contributed by atoms with Crippen molar-refractivity contribution in [2.45, 2.75) is 210 Å². The Balaban J connectivity index is 0. The fourth-order valence-corrected chi connectivity index (χ4v) is 5.85. The smallest absolute Gasteiger partial charge is 0.311 e.